The third-order valence-electron chi connectivity index (χ3n) is 3.79. The summed E-state index contributed by atoms with van der Waals surface area (Å²) in [5.74, 6) is 0.828. The van der Waals surface area contributed by atoms with Crippen molar-refractivity contribution in [3.8, 4) is 0 Å². The SMILES string of the molecule is O=C(NC1CCC(O)CC1)c1ccc(Cn2cccn2)o1. The Hall–Kier alpha value is -2.08. The average molecular weight is 289 g/mol. The lowest BCUT2D eigenvalue weighted by atomic mass is 9.93. The van der Waals surface area contributed by atoms with Crippen molar-refractivity contribution in [2.75, 3.05) is 0 Å². The van der Waals surface area contributed by atoms with E-state index in [1.165, 1.54) is 0 Å². The van der Waals surface area contributed by atoms with Gasteiger partial charge in [0, 0.05) is 18.4 Å². The molecule has 21 heavy (non-hydrogen) atoms. The van der Waals surface area contributed by atoms with Crippen molar-refractivity contribution in [2.24, 2.45) is 0 Å². The van der Waals surface area contributed by atoms with E-state index in [1.54, 1.807) is 23.0 Å². The van der Waals surface area contributed by atoms with Crippen LogP contribution in [0.25, 0.3) is 0 Å². The molecule has 2 aromatic rings. The van der Waals surface area contributed by atoms with Crippen molar-refractivity contribution in [3.05, 3.63) is 42.1 Å². The third-order valence-corrected chi connectivity index (χ3v) is 3.79. The number of nitrogens with zero attached hydrogens (tertiary/aromatic N) is 2. The molecule has 0 aliphatic heterocycles. The highest BCUT2D eigenvalue weighted by Gasteiger charge is 2.22. The monoisotopic (exact) mass is 289 g/mol. The summed E-state index contributed by atoms with van der Waals surface area (Å²) in [6, 6.07) is 5.45. The normalized spacial score (nSPS) is 22.1. The summed E-state index contributed by atoms with van der Waals surface area (Å²) in [4.78, 5) is 12.1. The molecule has 2 aromatic heterocycles. The maximum absolute atomic E-state index is 12.1. The van der Waals surface area contributed by atoms with Gasteiger partial charge in [0.05, 0.1) is 12.6 Å². The van der Waals surface area contributed by atoms with Crippen molar-refractivity contribution in [1.29, 1.82) is 0 Å². The summed E-state index contributed by atoms with van der Waals surface area (Å²) >= 11 is 0. The maximum atomic E-state index is 12.1. The molecule has 0 aromatic carbocycles. The van der Waals surface area contributed by atoms with Gasteiger partial charge in [0.2, 0.25) is 0 Å². The molecule has 0 unspecified atom stereocenters. The van der Waals surface area contributed by atoms with Crippen molar-refractivity contribution in [2.45, 2.75) is 44.4 Å². The zero-order valence-corrected chi connectivity index (χ0v) is 11.7. The first-order valence-corrected chi connectivity index (χ1v) is 7.26. The number of aromatic nitrogens is 2. The molecule has 1 aliphatic rings. The van der Waals surface area contributed by atoms with E-state index in [0.717, 1.165) is 25.7 Å². The third kappa shape index (κ3) is 3.52. The van der Waals surface area contributed by atoms with Crippen molar-refractivity contribution in [3.63, 3.8) is 0 Å². The van der Waals surface area contributed by atoms with Gasteiger partial charge in [-0.25, -0.2) is 0 Å². The molecule has 1 aliphatic carbocycles. The van der Waals surface area contributed by atoms with E-state index in [9.17, 15) is 9.90 Å². The minimum Gasteiger partial charge on any atom is -0.454 e. The predicted molar refractivity (Wildman–Crippen MR) is 75.8 cm³/mol. The molecular weight excluding hydrogens is 270 g/mol. The quantitative estimate of drug-likeness (QED) is 0.895. The predicted octanol–water partition coefficient (Wildman–Crippen LogP) is 1.56. The van der Waals surface area contributed by atoms with Gasteiger partial charge in [0.15, 0.2) is 5.76 Å². The van der Waals surface area contributed by atoms with E-state index in [2.05, 4.69) is 10.4 Å². The Morgan fingerprint density at radius 2 is 2.19 bits per heavy atom. The summed E-state index contributed by atoms with van der Waals surface area (Å²) in [6.07, 6.45) is 6.44. The number of aliphatic hydroxyl groups is 1. The minimum atomic E-state index is -0.220. The second kappa shape index (κ2) is 6.13. The summed E-state index contributed by atoms with van der Waals surface area (Å²) in [5.41, 5.74) is 0. The summed E-state index contributed by atoms with van der Waals surface area (Å²) in [5, 5.41) is 16.5. The first kappa shape index (κ1) is 13.9. The number of amides is 1. The Kier molecular flexibility index (Phi) is 4.06. The molecule has 2 N–H and O–H groups in total. The Morgan fingerprint density at radius 1 is 1.38 bits per heavy atom. The van der Waals surface area contributed by atoms with Crippen LogP contribution in [0.2, 0.25) is 0 Å². The lowest BCUT2D eigenvalue weighted by Crippen LogP contribution is -2.38. The number of hydrogen-bond donors (Lipinski definition) is 2. The van der Waals surface area contributed by atoms with Gasteiger partial charge in [-0.1, -0.05) is 0 Å². The highest BCUT2D eigenvalue weighted by atomic mass is 16.4. The van der Waals surface area contributed by atoms with Crippen LogP contribution in [0.4, 0.5) is 0 Å². The summed E-state index contributed by atoms with van der Waals surface area (Å²) in [6.45, 7) is 0.510. The largest absolute Gasteiger partial charge is 0.454 e. The molecular formula is C15H19N3O3. The van der Waals surface area contributed by atoms with Gasteiger partial charge in [-0.3, -0.25) is 9.48 Å². The average Bonchev–Trinajstić information content (AvgIpc) is 3.13. The lowest BCUT2D eigenvalue weighted by molar-refractivity contribution is 0.0841. The second-order valence-electron chi connectivity index (χ2n) is 5.45. The Morgan fingerprint density at radius 3 is 2.90 bits per heavy atom. The van der Waals surface area contributed by atoms with E-state index >= 15 is 0 Å². The van der Waals surface area contributed by atoms with Crippen LogP contribution in [-0.2, 0) is 6.54 Å². The summed E-state index contributed by atoms with van der Waals surface area (Å²) < 4.78 is 7.30. The Bertz CT molecular complexity index is 583. The molecule has 0 saturated heterocycles. The van der Waals surface area contributed by atoms with Crippen molar-refractivity contribution < 1.29 is 14.3 Å². The molecule has 0 radical (unpaired) electrons. The van der Waals surface area contributed by atoms with Gasteiger partial charge in [0.1, 0.15) is 5.76 Å². The van der Waals surface area contributed by atoms with E-state index in [0.29, 0.717) is 18.1 Å². The molecule has 1 amide bonds. The van der Waals surface area contributed by atoms with Crippen LogP contribution >= 0.6 is 0 Å². The van der Waals surface area contributed by atoms with Crippen molar-refractivity contribution >= 4 is 5.91 Å². The molecule has 112 valence electrons. The molecule has 1 fully saturated rings. The van der Waals surface area contributed by atoms with E-state index in [1.807, 2.05) is 12.3 Å². The van der Waals surface area contributed by atoms with E-state index in [-0.39, 0.29) is 18.1 Å². The van der Waals surface area contributed by atoms with Crippen LogP contribution in [0.5, 0.6) is 0 Å². The standard InChI is InChI=1S/C15H19N3O3/c19-12-4-2-11(3-5-12)17-15(20)14-7-6-13(21-14)10-18-9-1-8-16-18/h1,6-9,11-12,19H,2-5,10H2,(H,17,20). The van der Waals surface area contributed by atoms with Crippen LogP contribution in [-0.4, -0.2) is 32.9 Å². The number of nitrogens with one attached hydrogen (secondary N) is 1. The molecule has 0 atom stereocenters. The minimum absolute atomic E-state index is 0.126. The molecule has 0 spiro atoms. The van der Waals surface area contributed by atoms with Crippen LogP contribution in [0.1, 0.15) is 42.0 Å². The van der Waals surface area contributed by atoms with Gasteiger partial charge < -0.3 is 14.8 Å². The van der Waals surface area contributed by atoms with Gasteiger partial charge >= 0.3 is 0 Å². The zero-order chi connectivity index (χ0) is 14.7. The number of furan rings is 1. The summed E-state index contributed by atoms with van der Waals surface area (Å²) in [7, 11) is 0. The Labute approximate surface area is 122 Å². The molecule has 3 rings (SSSR count). The highest BCUT2D eigenvalue weighted by molar-refractivity contribution is 5.91. The van der Waals surface area contributed by atoms with Gasteiger partial charge in [-0.15, -0.1) is 0 Å². The number of aliphatic hydroxyl groups excluding tert-OH is 1. The highest BCUT2D eigenvalue weighted by Crippen LogP contribution is 2.19. The molecule has 0 bridgehead atoms. The molecule has 6 nitrogen and oxygen atoms in total. The number of carbonyl (C=O) groups is 1. The first-order chi connectivity index (χ1) is 10.2. The van der Waals surface area contributed by atoms with Gasteiger partial charge in [0.25, 0.3) is 5.91 Å². The van der Waals surface area contributed by atoms with E-state index in [4.69, 9.17) is 4.42 Å². The number of rotatable bonds is 4. The number of hydrogen-bond acceptors (Lipinski definition) is 4. The Balaban J connectivity index is 1.56. The lowest BCUT2D eigenvalue weighted by Gasteiger charge is -2.25. The van der Waals surface area contributed by atoms with Gasteiger partial charge in [-0.05, 0) is 43.9 Å². The zero-order valence-electron chi connectivity index (χ0n) is 11.7. The van der Waals surface area contributed by atoms with Crippen molar-refractivity contribution in [1.82, 2.24) is 15.1 Å². The smallest absolute Gasteiger partial charge is 0.287 e. The maximum Gasteiger partial charge on any atom is 0.287 e. The van der Waals surface area contributed by atoms with Crippen LogP contribution in [0, 0.1) is 0 Å². The fraction of sp³-hybridized carbons (Fsp3) is 0.467. The van der Waals surface area contributed by atoms with Crippen LogP contribution in [0.3, 0.4) is 0 Å². The fourth-order valence-corrected chi connectivity index (χ4v) is 2.62. The van der Waals surface area contributed by atoms with Crippen LogP contribution in [0.15, 0.2) is 35.0 Å². The van der Waals surface area contributed by atoms with Crippen LogP contribution < -0.4 is 5.32 Å². The molecule has 6 heteroatoms. The topological polar surface area (TPSA) is 80.3 Å². The van der Waals surface area contributed by atoms with Gasteiger partial charge in [-0.2, -0.15) is 5.10 Å². The first-order valence-electron chi connectivity index (χ1n) is 7.26. The number of carbonyl (C=O) groups excluding carboxylic acids is 1. The second-order valence-corrected chi connectivity index (χ2v) is 5.45. The van der Waals surface area contributed by atoms with E-state index < -0.39 is 0 Å². The molecule has 1 saturated carbocycles. The molecule has 2 heterocycles. The fourth-order valence-electron chi connectivity index (χ4n) is 2.62.